The molecule has 0 heterocycles. The van der Waals surface area contributed by atoms with Crippen molar-refractivity contribution in [3.8, 4) is 0 Å². The molecule has 0 bridgehead atoms. The smallest absolute Gasteiger partial charge is 0.0824 e. The third-order valence-electron chi connectivity index (χ3n) is 1.75. The summed E-state index contributed by atoms with van der Waals surface area (Å²) in [5.74, 6) is 0. The van der Waals surface area contributed by atoms with Crippen LogP contribution in [-0.4, -0.2) is 45.3 Å². The average molecular weight is 178 g/mol. The van der Waals surface area contributed by atoms with E-state index in [1.807, 2.05) is 6.92 Å². The number of rotatable bonds is 6. The van der Waals surface area contributed by atoms with Crippen LogP contribution >= 0.6 is 0 Å². The first-order valence-electron chi connectivity index (χ1n) is 4.26. The van der Waals surface area contributed by atoms with Gasteiger partial charge in [0.1, 0.15) is 0 Å². The van der Waals surface area contributed by atoms with E-state index in [4.69, 9.17) is 10.2 Å². The van der Waals surface area contributed by atoms with E-state index in [0.29, 0.717) is 6.42 Å². The molecule has 0 aromatic carbocycles. The summed E-state index contributed by atoms with van der Waals surface area (Å²) in [6, 6.07) is 0. The molecule has 0 radical (unpaired) electrons. The van der Waals surface area contributed by atoms with Crippen LogP contribution in [0, 0.1) is 0 Å². The second-order valence-electron chi connectivity index (χ2n) is 3.00. The summed E-state index contributed by atoms with van der Waals surface area (Å²) in [5, 5.41) is 35.8. The van der Waals surface area contributed by atoms with Gasteiger partial charge in [0.15, 0.2) is 0 Å². The van der Waals surface area contributed by atoms with Gasteiger partial charge in [0.05, 0.1) is 24.9 Å². The summed E-state index contributed by atoms with van der Waals surface area (Å²) >= 11 is 0. The van der Waals surface area contributed by atoms with Crippen LogP contribution in [0.15, 0.2) is 0 Å². The monoisotopic (exact) mass is 178 g/mol. The molecule has 4 heteroatoms. The Kier molecular flexibility index (Phi) is 6.28. The molecule has 74 valence electrons. The number of aliphatic hydroxyl groups is 4. The minimum atomic E-state index is -0.938. The Bertz CT molecular complexity index is 107. The Hall–Kier alpha value is -0.160. The summed E-state index contributed by atoms with van der Waals surface area (Å²) < 4.78 is 0. The first-order valence-corrected chi connectivity index (χ1v) is 4.26. The molecule has 0 saturated heterocycles. The van der Waals surface area contributed by atoms with Gasteiger partial charge in [0, 0.05) is 6.42 Å². The lowest BCUT2D eigenvalue weighted by Crippen LogP contribution is -2.31. The molecule has 0 saturated carbocycles. The largest absolute Gasteiger partial charge is 0.394 e. The zero-order chi connectivity index (χ0) is 9.56. The van der Waals surface area contributed by atoms with Crippen molar-refractivity contribution in [2.24, 2.45) is 0 Å². The lowest BCUT2D eigenvalue weighted by Gasteiger charge is -2.18. The van der Waals surface area contributed by atoms with Gasteiger partial charge in [-0.2, -0.15) is 0 Å². The molecule has 0 aliphatic rings. The van der Waals surface area contributed by atoms with E-state index < -0.39 is 18.3 Å². The molecule has 0 aliphatic carbocycles. The standard InChI is InChI=1S/C8H18O4/c1-2-3-7(11)8(12)4-6(10)5-9/h6-12H,2-5H2,1H3. The predicted octanol–water partition coefficient (Wildman–Crippen LogP) is -0.748. The number of aliphatic hydroxyl groups excluding tert-OH is 4. The zero-order valence-corrected chi connectivity index (χ0v) is 7.35. The van der Waals surface area contributed by atoms with Gasteiger partial charge in [-0.05, 0) is 6.42 Å². The predicted molar refractivity (Wildman–Crippen MR) is 44.6 cm³/mol. The van der Waals surface area contributed by atoms with E-state index in [1.54, 1.807) is 0 Å². The summed E-state index contributed by atoms with van der Waals surface area (Å²) in [4.78, 5) is 0. The molecule has 0 rings (SSSR count). The van der Waals surface area contributed by atoms with Gasteiger partial charge in [-0.15, -0.1) is 0 Å². The first-order chi connectivity index (χ1) is 5.61. The molecule has 0 aliphatic heterocycles. The van der Waals surface area contributed by atoms with Crippen LogP contribution in [0.1, 0.15) is 26.2 Å². The third kappa shape index (κ3) is 4.66. The van der Waals surface area contributed by atoms with Crippen LogP contribution in [0.3, 0.4) is 0 Å². The van der Waals surface area contributed by atoms with Crippen molar-refractivity contribution in [1.29, 1.82) is 0 Å². The summed E-state index contributed by atoms with van der Waals surface area (Å²) in [6.07, 6.45) is -1.35. The molecule has 0 fully saturated rings. The van der Waals surface area contributed by atoms with Crippen molar-refractivity contribution in [2.45, 2.75) is 44.5 Å². The Labute approximate surface area is 72.5 Å². The van der Waals surface area contributed by atoms with Crippen molar-refractivity contribution in [3.63, 3.8) is 0 Å². The van der Waals surface area contributed by atoms with Crippen LogP contribution in [0.2, 0.25) is 0 Å². The highest BCUT2D eigenvalue weighted by Crippen LogP contribution is 2.07. The SMILES string of the molecule is CCCC(O)C(O)CC(O)CO. The second kappa shape index (κ2) is 6.37. The van der Waals surface area contributed by atoms with Crippen molar-refractivity contribution in [2.75, 3.05) is 6.61 Å². The fourth-order valence-corrected chi connectivity index (χ4v) is 0.999. The van der Waals surface area contributed by atoms with Crippen LogP contribution in [-0.2, 0) is 0 Å². The number of hydrogen-bond donors (Lipinski definition) is 4. The molecular weight excluding hydrogens is 160 g/mol. The van der Waals surface area contributed by atoms with Gasteiger partial charge in [-0.3, -0.25) is 0 Å². The highest BCUT2D eigenvalue weighted by atomic mass is 16.3. The highest BCUT2D eigenvalue weighted by Gasteiger charge is 2.18. The van der Waals surface area contributed by atoms with Crippen LogP contribution in [0.5, 0.6) is 0 Å². The van der Waals surface area contributed by atoms with Crippen molar-refractivity contribution in [1.82, 2.24) is 0 Å². The molecular formula is C8H18O4. The Morgan fingerprint density at radius 1 is 1.08 bits per heavy atom. The van der Waals surface area contributed by atoms with Crippen LogP contribution < -0.4 is 0 Å². The maximum atomic E-state index is 9.23. The lowest BCUT2D eigenvalue weighted by molar-refractivity contribution is -0.0263. The summed E-state index contributed by atoms with van der Waals surface area (Å²) in [5.41, 5.74) is 0. The van der Waals surface area contributed by atoms with E-state index >= 15 is 0 Å². The minimum Gasteiger partial charge on any atom is -0.394 e. The molecule has 0 amide bonds. The van der Waals surface area contributed by atoms with Gasteiger partial charge >= 0.3 is 0 Å². The average Bonchev–Trinajstić information content (AvgIpc) is 2.04. The summed E-state index contributed by atoms with van der Waals surface area (Å²) in [7, 11) is 0. The van der Waals surface area contributed by atoms with Crippen molar-refractivity contribution < 1.29 is 20.4 Å². The minimum absolute atomic E-state index is 0.0255. The normalized spacial score (nSPS) is 18.8. The molecule has 0 aromatic rings. The van der Waals surface area contributed by atoms with E-state index in [9.17, 15) is 10.2 Å². The molecule has 3 unspecified atom stereocenters. The molecule has 4 nitrogen and oxygen atoms in total. The Morgan fingerprint density at radius 3 is 2.08 bits per heavy atom. The molecule has 4 N–H and O–H groups in total. The number of hydrogen-bond acceptors (Lipinski definition) is 4. The van der Waals surface area contributed by atoms with Crippen molar-refractivity contribution >= 4 is 0 Å². The Balaban J connectivity index is 3.62. The van der Waals surface area contributed by atoms with E-state index in [1.165, 1.54) is 0 Å². The molecule has 3 atom stereocenters. The van der Waals surface area contributed by atoms with Gasteiger partial charge in [0.2, 0.25) is 0 Å². The maximum absolute atomic E-state index is 9.23. The van der Waals surface area contributed by atoms with Crippen LogP contribution in [0.25, 0.3) is 0 Å². The van der Waals surface area contributed by atoms with E-state index in [0.717, 1.165) is 6.42 Å². The zero-order valence-electron chi connectivity index (χ0n) is 7.35. The lowest BCUT2D eigenvalue weighted by atomic mass is 10.0. The topological polar surface area (TPSA) is 80.9 Å². The van der Waals surface area contributed by atoms with Gasteiger partial charge in [-0.1, -0.05) is 13.3 Å². The summed E-state index contributed by atoms with van der Waals surface area (Å²) in [6.45, 7) is 1.52. The Morgan fingerprint density at radius 2 is 1.67 bits per heavy atom. The van der Waals surface area contributed by atoms with Gasteiger partial charge in [0.25, 0.3) is 0 Å². The van der Waals surface area contributed by atoms with E-state index in [2.05, 4.69) is 0 Å². The van der Waals surface area contributed by atoms with Crippen LogP contribution in [0.4, 0.5) is 0 Å². The first kappa shape index (κ1) is 11.8. The van der Waals surface area contributed by atoms with Crippen molar-refractivity contribution in [3.05, 3.63) is 0 Å². The fourth-order valence-electron chi connectivity index (χ4n) is 0.999. The maximum Gasteiger partial charge on any atom is 0.0824 e. The highest BCUT2D eigenvalue weighted by molar-refractivity contribution is 4.70. The van der Waals surface area contributed by atoms with E-state index in [-0.39, 0.29) is 13.0 Å². The molecule has 0 spiro atoms. The fraction of sp³-hybridized carbons (Fsp3) is 1.00. The second-order valence-corrected chi connectivity index (χ2v) is 3.00. The third-order valence-corrected chi connectivity index (χ3v) is 1.75. The van der Waals surface area contributed by atoms with Gasteiger partial charge < -0.3 is 20.4 Å². The quantitative estimate of drug-likeness (QED) is 0.431. The molecule has 0 aromatic heterocycles. The van der Waals surface area contributed by atoms with Gasteiger partial charge in [-0.25, -0.2) is 0 Å². The molecule has 12 heavy (non-hydrogen) atoms.